The number of ether oxygens (including phenoxy) is 1. The van der Waals surface area contributed by atoms with Crippen LogP contribution < -0.4 is 0 Å². The molecule has 1 aliphatic heterocycles. The SMILES string of the molecule is C=C/C(=C\C=CC=O)C1=N[C@H](CC(=O)OC)c2nnc(C)n2-c2ccccc21. The standard InChI is InChI=1S/C21H20N4O3/c1-4-15(9-7-8-12-26)20-16-10-5-6-11-18(16)25-14(2)23-24-21(25)17(22-20)13-19(27)28-3/h4-12,17H,1,13H2,2-3H3/b8-7?,15-9+/t17-/m1/s1. The fourth-order valence-corrected chi connectivity index (χ4v) is 3.10. The third kappa shape index (κ3) is 3.59. The van der Waals surface area contributed by atoms with Crippen molar-refractivity contribution >= 4 is 18.0 Å². The molecule has 0 spiro atoms. The Kier molecular flexibility index (Phi) is 5.74. The molecule has 1 aliphatic rings. The summed E-state index contributed by atoms with van der Waals surface area (Å²) in [5, 5.41) is 8.45. The molecule has 0 fully saturated rings. The molecule has 2 aromatic rings. The molecule has 28 heavy (non-hydrogen) atoms. The number of hydrogen-bond acceptors (Lipinski definition) is 6. The summed E-state index contributed by atoms with van der Waals surface area (Å²) in [6.07, 6.45) is 7.16. The average molecular weight is 376 g/mol. The number of aryl methyl sites for hydroxylation is 1. The van der Waals surface area contributed by atoms with Crippen LogP contribution in [0, 0.1) is 6.92 Å². The van der Waals surface area contributed by atoms with E-state index in [0.717, 1.165) is 16.8 Å². The number of allylic oxidation sites excluding steroid dienone is 5. The molecule has 0 radical (unpaired) electrons. The molecule has 1 atom stereocenters. The van der Waals surface area contributed by atoms with E-state index in [0.29, 0.717) is 23.6 Å². The summed E-state index contributed by atoms with van der Waals surface area (Å²) in [4.78, 5) is 27.5. The van der Waals surface area contributed by atoms with Crippen LogP contribution in [0.4, 0.5) is 0 Å². The summed E-state index contributed by atoms with van der Waals surface area (Å²) in [6, 6.07) is 7.15. The van der Waals surface area contributed by atoms with Gasteiger partial charge in [-0.2, -0.15) is 0 Å². The first-order valence-electron chi connectivity index (χ1n) is 8.72. The molecule has 0 saturated carbocycles. The minimum Gasteiger partial charge on any atom is -0.469 e. The third-order valence-corrected chi connectivity index (χ3v) is 4.38. The van der Waals surface area contributed by atoms with Gasteiger partial charge in [0, 0.05) is 5.56 Å². The number of aliphatic imine (C=N–C) groups is 1. The van der Waals surface area contributed by atoms with E-state index >= 15 is 0 Å². The average Bonchev–Trinajstić information content (AvgIpc) is 3.03. The fraction of sp³-hybridized carbons (Fsp3) is 0.190. The summed E-state index contributed by atoms with van der Waals surface area (Å²) in [7, 11) is 1.34. The molecule has 0 unspecified atom stereocenters. The smallest absolute Gasteiger partial charge is 0.308 e. The number of aldehydes is 1. The lowest BCUT2D eigenvalue weighted by Crippen LogP contribution is -2.12. The number of fused-ring (bicyclic) bond motifs is 3. The predicted molar refractivity (Wildman–Crippen MR) is 105 cm³/mol. The van der Waals surface area contributed by atoms with Crippen LogP contribution >= 0.6 is 0 Å². The minimum atomic E-state index is -0.575. The van der Waals surface area contributed by atoms with E-state index in [2.05, 4.69) is 16.8 Å². The van der Waals surface area contributed by atoms with Crippen molar-refractivity contribution in [3.05, 3.63) is 77.9 Å². The number of benzene rings is 1. The monoisotopic (exact) mass is 376 g/mol. The van der Waals surface area contributed by atoms with Crippen LogP contribution in [-0.4, -0.2) is 39.8 Å². The number of hydrogen-bond donors (Lipinski definition) is 0. The van der Waals surface area contributed by atoms with Crippen LogP contribution in [-0.2, 0) is 14.3 Å². The van der Waals surface area contributed by atoms with Crippen LogP contribution in [0.1, 0.15) is 29.7 Å². The second kappa shape index (κ2) is 8.39. The van der Waals surface area contributed by atoms with Crippen molar-refractivity contribution in [2.45, 2.75) is 19.4 Å². The van der Waals surface area contributed by atoms with Gasteiger partial charge in [-0.1, -0.05) is 43.0 Å². The van der Waals surface area contributed by atoms with Gasteiger partial charge < -0.3 is 4.74 Å². The van der Waals surface area contributed by atoms with Gasteiger partial charge in [-0.25, -0.2) is 0 Å². The lowest BCUT2D eigenvalue weighted by Gasteiger charge is -2.12. The van der Waals surface area contributed by atoms with Crippen LogP contribution in [0.15, 0.2) is 65.7 Å². The van der Waals surface area contributed by atoms with Crippen molar-refractivity contribution in [1.29, 1.82) is 0 Å². The molecule has 0 aliphatic carbocycles. The fourth-order valence-electron chi connectivity index (χ4n) is 3.10. The quantitative estimate of drug-likeness (QED) is 0.335. The van der Waals surface area contributed by atoms with Crippen LogP contribution in [0.5, 0.6) is 0 Å². The number of aromatic nitrogens is 3. The maximum atomic E-state index is 12.0. The molecule has 142 valence electrons. The van der Waals surface area contributed by atoms with Crippen molar-refractivity contribution in [3.63, 3.8) is 0 Å². The number of rotatable bonds is 6. The Morgan fingerprint density at radius 3 is 2.79 bits per heavy atom. The van der Waals surface area contributed by atoms with Gasteiger partial charge in [0.2, 0.25) is 0 Å². The highest BCUT2D eigenvalue weighted by atomic mass is 16.5. The van der Waals surface area contributed by atoms with Gasteiger partial charge in [-0.3, -0.25) is 19.1 Å². The van der Waals surface area contributed by atoms with Gasteiger partial charge in [-0.15, -0.1) is 10.2 Å². The van der Waals surface area contributed by atoms with E-state index in [1.54, 1.807) is 18.2 Å². The Labute approximate surface area is 162 Å². The van der Waals surface area contributed by atoms with Crippen LogP contribution in [0.3, 0.4) is 0 Å². The first-order valence-corrected chi connectivity index (χ1v) is 8.72. The first-order chi connectivity index (χ1) is 13.6. The maximum absolute atomic E-state index is 12.0. The van der Waals surface area contributed by atoms with E-state index in [-0.39, 0.29) is 6.42 Å². The number of methoxy groups -OCH3 is 1. The van der Waals surface area contributed by atoms with Gasteiger partial charge >= 0.3 is 5.97 Å². The van der Waals surface area contributed by atoms with Crippen molar-refractivity contribution < 1.29 is 14.3 Å². The Hall–Kier alpha value is -3.61. The van der Waals surface area contributed by atoms with Gasteiger partial charge in [0.25, 0.3) is 0 Å². The van der Waals surface area contributed by atoms with Gasteiger partial charge in [-0.05, 0) is 24.6 Å². The predicted octanol–water partition coefficient (Wildman–Crippen LogP) is 2.85. The highest BCUT2D eigenvalue weighted by Crippen LogP contribution is 2.32. The van der Waals surface area contributed by atoms with E-state index in [1.807, 2.05) is 35.8 Å². The first kappa shape index (κ1) is 19.2. The Balaban J connectivity index is 2.26. The Morgan fingerprint density at radius 1 is 1.29 bits per heavy atom. The Morgan fingerprint density at radius 2 is 2.07 bits per heavy atom. The summed E-state index contributed by atoms with van der Waals surface area (Å²) in [5.41, 5.74) is 3.08. The summed E-state index contributed by atoms with van der Waals surface area (Å²) in [5.74, 6) is 0.868. The molecule has 0 saturated heterocycles. The molecule has 3 rings (SSSR count). The van der Waals surface area contributed by atoms with E-state index < -0.39 is 12.0 Å². The number of carbonyl (C=O) groups is 2. The Bertz CT molecular complexity index is 1010. The molecular weight excluding hydrogens is 356 g/mol. The highest BCUT2D eigenvalue weighted by Gasteiger charge is 2.29. The van der Waals surface area contributed by atoms with Crippen LogP contribution in [0.2, 0.25) is 0 Å². The van der Waals surface area contributed by atoms with E-state index in [4.69, 9.17) is 9.73 Å². The summed E-state index contributed by atoms with van der Waals surface area (Å²) >= 11 is 0. The number of carbonyl (C=O) groups excluding carboxylic acids is 2. The third-order valence-electron chi connectivity index (χ3n) is 4.38. The molecule has 7 nitrogen and oxygen atoms in total. The number of esters is 1. The second-order valence-electron chi connectivity index (χ2n) is 6.08. The zero-order valence-corrected chi connectivity index (χ0v) is 15.7. The van der Waals surface area contributed by atoms with Gasteiger partial charge in [0.05, 0.1) is 24.9 Å². The second-order valence-corrected chi connectivity index (χ2v) is 6.08. The lowest BCUT2D eigenvalue weighted by atomic mass is 9.99. The van der Waals surface area contributed by atoms with E-state index in [1.165, 1.54) is 13.2 Å². The summed E-state index contributed by atoms with van der Waals surface area (Å²) in [6.45, 7) is 5.73. The molecular formula is C21H20N4O3. The minimum absolute atomic E-state index is 0.0285. The lowest BCUT2D eigenvalue weighted by molar-refractivity contribution is -0.141. The highest BCUT2D eigenvalue weighted by molar-refractivity contribution is 6.16. The van der Waals surface area contributed by atoms with Crippen molar-refractivity contribution in [1.82, 2.24) is 14.8 Å². The van der Waals surface area contributed by atoms with Crippen molar-refractivity contribution in [3.8, 4) is 5.69 Å². The molecule has 0 N–H and O–H groups in total. The molecule has 1 aromatic heterocycles. The van der Waals surface area contributed by atoms with Crippen LogP contribution in [0.25, 0.3) is 5.69 Å². The topological polar surface area (TPSA) is 86.4 Å². The normalized spacial score (nSPS) is 16.0. The van der Waals surface area contributed by atoms with Crippen molar-refractivity contribution in [2.24, 2.45) is 4.99 Å². The zero-order valence-electron chi connectivity index (χ0n) is 15.7. The van der Waals surface area contributed by atoms with Crippen molar-refractivity contribution in [2.75, 3.05) is 7.11 Å². The summed E-state index contributed by atoms with van der Waals surface area (Å²) < 4.78 is 6.75. The molecule has 0 amide bonds. The largest absolute Gasteiger partial charge is 0.469 e. The maximum Gasteiger partial charge on any atom is 0.308 e. The number of para-hydroxylation sites is 1. The molecule has 7 heteroatoms. The van der Waals surface area contributed by atoms with Gasteiger partial charge in [0.15, 0.2) is 5.82 Å². The molecule has 2 heterocycles. The van der Waals surface area contributed by atoms with E-state index in [9.17, 15) is 9.59 Å². The molecule has 0 bridgehead atoms. The van der Waals surface area contributed by atoms with Gasteiger partial charge in [0.1, 0.15) is 18.2 Å². The molecule has 1 aromatic carbocycles. The number of nitrogens with zero attached hydrogens (tertiary/aromatic N) is 4. The zero-order chi connectivity index (χ0) is 20.1.